The smallest absolute Gasteiger partial charge is 0.354 e. The van der Waals surface area contributed by atoms with E-state index in [1.54, 1.807) is 19.2 Å². The number of carbonyl (C=O) groups is 1. The van der Waals surface area contributed by atoms with Crippen molar-refractivity contribution in [2.24, 2.45) is 0 Å². The van der Waals surface area contributed by atoms with E-state index in [0.717, 1.165) is 5.69 Å². The van der Waals surface area contributed by atoms with Crippen LogP contribution in [0.3, 0.4) is 0 Å². The Morgan fingerprint density at radius 3 is 2.85 bits per heavy atom. The summed E-state index contributed by atoms with van der Waals surface area (Å²) < 4.78 is 0. The summed E-state index contributed by atoms with van der Waals surface area (Å²) in [7, 11) is 1.81. The van der Waals surface area contributed by atoms with Gasteiger partial charge in [-0.2, -0.15) is 0 Å². The molecule has 70 valence electrons. The molecule has 0 aliphatic carbocycles. The van der Waals surface area contributed by atoms with Crippen molar-refractivity contribution in [3.63, 3.8) is 0 Å². The van der Waals surface area contributed by atoms with Gasteiger partial charge in [-0.25, -0.2) is 9.78 Å². The molecule has 0 spiro atoms. The van der Waals surface area contributed by atoms with Crippen molar-refractivity contribution in [2.45, 2.75) is 13.0 Å². The highest BCUT2D eigenvalue weighted by Gasteiger charge is 2.08. The highest BCUT2D eigenvalue weighted by atomic mass is 16.4. The molecule has 4 nitrogen and oxygen atoms in total. The summed E-state index contributed by atoms with van der Waals surface area (Å²) in [6, 6.07) is 5.04. The maximum atomic E-state index is 10.6. The lowest BCUT2D eigenvalue weighted by atomic mass is 10.2. The van der Waals surface area contributed by atoms with Crippen molar-refractivity contribution in [2.75, 3.05) is 7.05 Å². The van der Waals surface area contributed by atoms with Gasteiger partial charge in [-0.1, -0.05) is 6.07 Å². The first kappa shape index (κ1) is 9.67. The van der Waals surface area contributed by atoms with Gasteiger partial charge < -0.3 is 10.4 Å². The van der Waals surface area contributed by atoms with Crippen LogP contribution in [0.25, 0.3) is 0 Å². The zero-order valence-corrected chi connectivity index (χ0v) is 7.61. The van der Waals surface area contributed by atoms with Crippen LogP contribution >= 0.6 is 0 Å². The molecule has 13 heavy (non-hydrogen) atoms. The molecule has 1 atom stereocenters. The zero-order valence-electron chi connectivity index (χ0n) is 7.61. The first-order valence-corrected chi connectivity index (χ1v) is 4.02. The quantitative estimate of drug-likeness (QED) is 0.730. The van der Waals surface area contributed by atoms with Gasteiger partial charge in [-0.15, -0.1) is 0 Å². The fourth-order valence-electron chi connectivity index (χ4n) is 0.960. The lowest BCUT2D eigenvalue weighted by Gasteiger charge is -2.09. The van der Waals surface area contributed by atoms with Gasteiger partial charge in [0.2, 0.25) is 0 Å². The Labute approximate surface area is 76.6 Å². The molecule has 0 saturated heterocycles. The van der Waals surface area contributed by atoms with Crippen LogP contribution in [0.1, 0.15) is 29.1 Å². The molecule has 0 radical (unpaired) electrons. The fourth-order valence-corrected chi connectivity index (χ4v) is 0.960. The maximum Gasteiger partial charge on any atom is 0.354 e. The Balaban J connectivity index is 2.98. The largest absolute Gasteiger partial charge is 0.477 e. The molecular formula is C9H12N2O2. The van der Waals surface area contributed by atoms with Gasteiger partial charge in [0.25, 0.3) is 0 Å². The van der Waals surface area contributed by atoms with Gasteiger partial charge >= 0.3 is 5.97 Å². The summed E-state index contributed by atoms with van der Waals surface area (Å²) in [5.41, 5.74) is 0.821. The van der Waals surface area contributed by atoms with E-state index in [-0.39, 0.29) is 11.7 Å². The number of hydrogen-bond acceptors (Lipinski definition) is 3. The summed E-state index contributed by atoms with van der Waals surface area (Å²) in [5, 5.41) is 11.7. The summed E-state index contributed by atoms with van der Waals surface area (Å²) >= 11 is 0. The SMILES string of the molecule is CNC(C)c1cccc(C(=O)O)n1. The van der Waals surface area contributed by atoms with Crippen LogP contribution in [0.4, 0.5) is 0 Å². The summed E-state index contributed by atoms with van der Waals surface area (Å²) in [5.74, 6) is -0.995. The number of nitrogens with one attached hydrogen (secondary N) is 1. The monoisotopic (exact) mass is 180 g/mol. The minimum atomic E-state index is -0.995. The van der Waals surface area contributed by atoms with Crippen LogP contribution in [0.5, 0.6) is 0 Å². The average Bonchev–Trinajstić information content (AvgIpc) is 2.17. The van der Waals surface area contributed by atoms with Crippen LogP contribution < -0.4 is 5.32 Å². The van der Waals surface area contributed by atoms with E-state index < -0.39 is 5.97 Å². The van der Waals surface area contributed by atoms with Crippen molar-refractivity contribution in [1.82, 2.24) is 10.3 Å². The summed E-state index contributed by atoms with van der Waals surface area (Å²) in [6.45, 7) is 1.92. The topological polar surface area (TPSA) is 62.2 Å². The number of hydrogen-bond donors (Lipinski definition) is 2. The third kappa shape index (κ3) is 2.26. The molecule has 1 heterocycles. The number of rotatable bonds is 3. The Kier molecular flexibility index (Phi) is 2.97. The molecule has 1 unspecified atom stereocenters. The number of aromatic nitrogens is 1. The van der Waals surface area contributed by atoms with Crippen molar-refractivity contribution in [3.8, 4) is 0 Å². The Morgan fingerprint density at radius 1 is 1.62 bits per heavy atom. The number of carboxylic acid groups (broad SMARTS) is 1. The molecule has 0 bridgehead atoms. The Morgan fingerprint density at radius 2 is 2.31 bits per heavy atom. The second-order valence-electron chi connectivity index (χ2n) is 2.76. The second kappa shape index (κ2) is 4.00. The van der Waals surface area contributed by atoms with E-state index >= 15 is 0 Å². The second-order valence-corrected chi connectivity index (χ2v) is 2.76. The van der Waals surface area contributed by atoms with E-state index in [2.05, 4.69) is 10.3 Å². The van der Waals surface area contributed by atoms with Gasteiger partial charge in [-0.05, 0) is 26.1 Å². The van der Waals surface area contributed by atoms with E-state index in [1.165, 1.54) is 6.07 Å². The summed E-state index contributed by atoms with van der Waals surface area (Å²) in [6.07, 6.45) is 0. The Bertz CT molecular complexity index is 312. The first-order valence-electron chi connectivity index (χ1n) is 4.02. The standard InChI is InChI=1S/C9H12N2O2/c1-6(10-2)7-4-3-5-8(11-7)9(12)13/h3-6,10H,1-2H3,(H,12,13). The lowest BCUT2D eigenvalue weighted by molar-refractivity contribution is 0.0690. The first-order chi connectivity index (χ1) is 6.15. The molecule has 0 aliphatic rings. The van der Waals surface area contributed by atoms with Gasteiger partial charge in [0, 0.05) is 6.04 Å². The van der Waals surface area contributed by atoms with Crippen LogP contribution in [0.15, 0.2) is 18.2 Å². The van der Waals surface area contributed by atoms with E-state index in [9.17, 15) is 4.79 Å². The zero-order chi connectivity index (χ0) is 9.84. The Hall–Kier alpha value is -1.42. The molecule has 0 amide bonds. The van der Waals surface area contributed by atoms with Gasteiger partial charge in [-0.3, -0.25) is 0 Å². The van der Waals surface area contributed by atoms with Crippen LogP contribution in [0, 0.1) is 0 Å². The summed E-state index contributed by atoms with van der Waals surface area (Å²) in [4.78, 5) is 14.6. The number of carboxylic acids is 1. The van der Waals surface area contributed by atoms with E-state index in [0.29, 0.717) is 0 Å². The van der Waals surface area contributed by atoms with Crippen molar-refractivity contribution < 1.29 is 9.90 Å². The molecule has 4 heteroatoms. The van der Waals surface area contributed by atoms with Crippen LogP contribution in [-0.4, -0.2) is 23.1 Å². The minimum Gasteiger partial charge on any atom is -0.477 e. The van der Waals surface area contributed by atoms with Gasteiger partial charge in [0.15, 0.2) is 0 Å². The van der Waals surface area contributed by atoms with Gasteiger partial charge in [0.05, 0.1) is 5.69 Å². The van der Waals surface area contributed by atoms with Crippen LogP contribution in [-0.2, 0) is 0 Å². The highest BCUT2D eigenvalue weighted by Crippen LogP contribution is 2.08. The predicted molar refractivity (Wildman–Crippen MR) is 48.7 cm³/mol. The molecule has 1 rings (SSSR count). The molecule has 0 aliphatic heterocycles. The third-order valence-corrected chi connectivity index (χ3v) is 1.87. The fraction of sp³-hybridized carbons (Fsp3) is 0.333. The van der Waals surface area contributed by atoms with Gasteiger partial charge in [0.1, 0.15) is 5.69 Å². The normalized spacial score (nSPS) is 12.5. The molecule has 1 aromatic heterocycles. The predicted octanol–water partition coefficient (Wildman–Crippen LogP) is 1.06. The molecular weight excluding hydrogens is 168 g/mol. The van der Waals surface area contributed by atoms with Crippen LogP contribution in [0.2, 0.25) is 0 Å². The maximum absolute atomic E-state index is 10.6. The molecule has 0 aromatic carbocycles. The molecule has 0 fully saturated rings. The molecule has 1 aromatic rings. The molecule has 0 saturated carbocycles. The molecule has 2 N–H and O–H groups in total. The van der Waals surface area contributed by atoms with Crippen molar-refractivity contribution in [1.29, 1.82) is 0 Å². The number of aromatic carboxylic acids is 1. The van der Waals surface area contributed by atoms with E-state index in [4.69, 9.17) is 5.11 Å². The third-order valence-electron chi connectivity index (χ3n) is 1.87. The van der Waals surface area contributed by atoms with Crippen molar-refractivity contribution in [3.05, 3.63) is 29.6 Å². The minimum absolute atomic E-state index is 0.0688. The number of pyridine rings is 1. The van der Waals surface area contributed by atoms with E-state index in [1.807, 2.05) is 6.92 Å². The highest BCUT2D eigenvalue weighted by molar-refractivity contribution is 5.85. The lowest BCUT2D eigenvalue weighted by Crippen LogP contribution is -2.15. The number of nitrogens with zero attached hydrogens (tertiary/aromatic N) is 1. The van der Waals surface area contributed by atoms with Crippen molar-refractivity contribution >= 4 is 5.97 Å². The average molecular weight is 180 g/mol.